The van der Waals surface area contributed by atoms with E-state index < -0.39 is 0 Å². The van der Waals surface area contributed by atoms with Crippen LogP contribution in [0.2, 0.25) is 0 Å². The molecule has 6 heteroatoms. The number of hydrogen-bond donors (Lipinski definition) is 2. The number of morpholine rings is 1. The van der Waals surface area contributed by atoms with Gasteiger partial charge in [0.25, 0.3) is 5.91 Å². The van der Waals surface area contributed by atoms with Crippen molar-refractivity contribution < 1.29 is 9.53 Å². The van der Waals surface area contributed by atoms with Gasteiger partial charge in [-0.15, -0.1) is 0 Å². The molecular weight excluding hydrogens is 358 g/mol. The Morgan fingerprint density at radius 3 is 2.70 bits per heavy atom. The number of nitrogens with zero attached hydrogens (tertiary/aromatic N) is 1. The summed E-state index contributed by atoms with van der Waals surface area (Å²) < 4.78 is 6.27. The van der Waals surface area contributed by atoms with Gasteiger partial charge in [0.15, 0.2) is 0 Å². The smallest absolute Gasteiger partial charge is 0.268 e. The molecule has 5 nitrogen and oxygen atoms in total. The lowest BCUT2D eigenvalue weighted by molar-refractivity contribution is 0.0332. The van der Waals surface area contributed by atoms with Crippen LogP contribution in [-0.2, 0) is 4.74 Å². The predicted molar refractivity (Wildman–Crippen MR) is 92.4 cm³/mol. The van der Waals surface area contributed by atoms with Crippen LogP contribution in [-0.4, -0.2) is 48.6 Å². The SMILES string of the molecule is O=C(NC(CN1CCOCC1)c1ccccc1)c1cc(Br)c[nH]1. The van der Waals surface area contributed by atoms with E-state index in [1.54, 1.807) is 12.3 Å². The van der Waals surface area contributed by atoms with Gasteiger partial charge >= 0.3 is 0 Å². The number of hydrogen-bond acceptors (Lipinski definition) is 3. The van der Waals surface area contributed by atoms with Gasteiger partial charge in [0.1, 0.15) is 5.69 Å². The van der Waals surface area contributed by atoms with Gasteiger partial charge < -0.3 is 15.0 Å². The fraction of sp³-hybridized carbons (Fsp3) is 0.353. The lowest BCUT2D eigenvalue weighted by Gasteiger charge is -2.31. The number of H-pyrrole nitrogens is 1. The highest BCUT2D eigenvalue weighted by molar-refractivity contribution is 9.10. The van der Waals surface area contributed by atoms with Crippen LogP contribution in [0.25, 0.3) is 0 Å². The van der Waals surface area contributed by atoms with Crippen molar-refractivity contribution in [2.75, 3.05) is 32.8 Å². The van der Waals surface area contributed by atoms with E-state index in [0.717, 1.165) is 42.9 Å². The van der Waals surface area contributed by atoms with E-state index in [4.69, 9.17) is 4.74 Å². The van der Waals surface area contributed by atoms with Crippen molar-refractivity contribution in [2.24, 2.45) is 0 Å². The molecule has 1 saturated heterocycles. The van der Waals surface area contributed by atoms with E-state index in [1.807, 2.05) is 18.2 Å². The highest BCUT2D eigenvalue weighted by Gasteiger charge is 2.21. The van der Waals surface area contributed by atoms with Crippen molar-refractivity contribution >= 4 is 21.8 Å². The average molecular weight is 378 g/mol. The van der Waals surface area contributed by atoms with Crippen molar-refractivity contribution in [3.63, 3.8) is 0 Å². The molecule has 1 aromatic carbocycles. The first-order valence-corrected chi connectivity index (χ1v) is 8.51. The third-order valence-electron chi connectivity index (χ3n) is 3.94. The van der Waals surface area contributed by atoms with Crippen molar-refractivity contribution in [3.05, 3.63) is 58.3 Å². The van der Waals surface area contributed by atoms with Crippen LogP contribution >= 0.6 is 15.9 Å². The van der Waals surface area contributed by atoms with Crippen LogP contribution in [0.5, 0.6) is 0 Å². The number of carbonyl (C=O) groups excluding carboxylic acids is 1. The number of rotatable bonds is 5. The maximum absolute atomic E-state index is 12.5. The first-order chi connectivity index (χ1) is 11.2. The zero-order valence-electron chi connectivity index (χ0n) is 12.8. The first kappa shape index (κ1) is 16.2. The molecule has 1 amide bonds. The Bertz CT molecular complexity index is 638. The summed E-state index contributed by atoms with van der Waals surface area (Å²) in [4.78, 5) is 17.8. The second-order valence-corrected chi connectivity index (χ2v) is 6.50. The Kier molecular flexibility index (Phi) is 5.48. The Labute approximate surface area is 144 Å². The fourth-order valence-corrected chi connectivity index (χ4v) is 3.04. The molecule has 1 aliphatic rings. The Morgan fingerprint density at radius 2 is 2.04 bits per heavy atom. The summed E-state index contributed by atoms with van der Waals surface area (Å²) in [6.45, 7) is 4.07. The molecule has 3 rings (SSSR count). The summed E-state index contributed by atoms with van der Waals surface area (Å²) in [6, 6.07) is 11.8. The molecule has 0 saturated carbocycles. The highest BCUT2D eigenvalue weighted by Crippen LogP contribution is 2.17. The quantitative estimate of drug-likeness (QED) is 0.841. The molecule has 0 bridgehead atoms. The summed E-state index contributed by atoms with van der Waals surface area (Å²) in [5, 5.41) is 3.14. The van der Waals surface area contributed by atoms with Crippen molar-refractivity contribution in [1.82, 2.24) is 15.2 Å². The van der Waals surface area contributed by atoms with Gasteiger partial charge in [0, 0.05) is 30.3 Å². The molecule has 0 aliphatic carbocycles. The number of amides is 1. The average Bonchev–Trinajstić information content (AvgIpc) is 3.03. The van der Waals surface area contributed by atoms with E-state index in [2.05, 4.69) is 43.3 Å². The molecule has 0 spiro atoms. The van der Waals surface area contributed by atoms with Crippen LogP contribution < -0.4 is 5.32 Å². The summed E-state index contributed by atoms with van der Waals surface area (Å²) in [5.41, 5.74) is 1.66. The van der Waals surface area contributed by atoms with Gasteiger partial charge in [0.05, 0.1) is 19.3 Å². The Balaban J connectivity index is 1.73. The highest BCUT2D eigenvalue weighted by atomic mass is 79.9. The topological polar surface area (TPSA) is 57.4 Å². The van der Waals surface area contributed by atoms with Gasteiger partial charge in [-0.1, -0.05) is 30.3 Å². The molecule has 1 unspecified atom stereocenters. The van der Waals surface area contributed by atoms with Crippen molar-refractivity contribution in [1.29, 1.82) is 0 Å². The number of aromatic nitrogens is 1. The van der Waals surface area contributed by atoms with Crippen LogP contribution in [0.15, 0.2) is 47.1 Å². The van der Waals surface area contributed by atoms with Gasteiger partial charge in [-0.2, -0.15) is 0 Å². The number of aromatic amines is 1. The fourth-order valence-electron chi connectivity index (χ4n) is 2.70. The van der Waals surface area contributed by atoms with E-state index >= 15 is 0 Å². The van der Waals surface area contributed by atoms with E-state index in [-0.39, 0.29) is 11.9 Å². The second kappa shape index (κ2) is 7.77. The number of ether oxygens (including phenoxy) is 1. The molecule has 1 fully saturated rings. The lowest BCUT2D eigenvalue weighted by Crippen LogP contribution is -2.43. The van der Waals surface area contributed by atoms with E-state index in [0.29, 0.717) is 5.69 Å². The summed E-state index contributed by atoms with van der Waals surface area (Å²) in [5.74, 6) is -0.0992. The number of halogens is 1. The molecule has 2 aromatic rings. The molecular formula is C17H20BrN3O2. The largest absolute Gasteiger partial charge is 0.379 e. The Hall–Kier alpha value is -1.63. The van der Waals surface area contributed by atoms with Gasteiger partial charge in [-0.25, -0.2) is 0 Å². The maximum Gasteiger partial charge on any atom is 0.268 e. The third-order valence-corrected chi connectivity index (χ3v) is 4.40. The number of benzene rings is 1. The molecule has 1 aromatic heterocycles. The third kappa shape index (κ3) is 4.43. The summed E-state index contributed by atoms with van der Waals surface area (Å²) in [7, 11) is 0. The maximum atomic E-state index is 12.5. The first-order valence-electron chi connectivity index (χ1n) is 7.72. The minimum Gasteiger partial charge on any atom is -0.379 e. The normalized spacial score (nSPS) is 16.9. The Morgan fingerprint density at radius 1 is 1.30 bits per heavy atom. The molecule has 2 N–H and O–H groups in total. The molecule has 1 atom stereocenters. The van der Waals surface area contributed by atoms with Gasteiger partial charge in [-0.05, 0) is 27.6 Å². The molecule has 1 aliphatic heterocycles. The zero-order valence-corrected chi connectivity index (χ0v) is 14.4. The lowest BCUT2D eigenvalue weighted by atomic mass is 10.1. The monoisotopic (exact) mass is 377 g/mol. The van der Waals surface area contributed by atoms with Gasteiger partial charge in [0.2, 0.25) is 0 Å². The van der Waals surface area contributed by atoms with Crippen LogP contribution in [0, 0.1) is 0 Å². The molecule has 23 heavy (non-hydrogen) atoms. The number of carbonyl (C=O) groups is 1. The standard InChI is InChI=1S/C17H20BrN3O2/c18-14-10-15(19-11-14)17(22)20-16(13-4-2-1-3-5-13)12-21-6-8-23-9-7-21/h1-5,10-11,16,19H,6-9,12H2,(H,20,22). The van der Waals surface area contributed by atoms with Crippen molar-refractivity contribution in [2.45, 2.75) is 6.04 Å². The van der Waals surface area contributed by atoms with E-state index in [9.17, 15) is 4.79 Å². The van der Waals surface area contributed by atoms with Crippen LogP contribution in [0.4, 0.5) is 0 Å². The minimum atomic E-state index is -0.0992. The zero-order chi connectivity index (χ0) is 16.1. The second-order valence-electron chi connectivity index (χ2n) is 5.58. The van der Waals surface area contributed by atoms with Crippen LogP contribution in [0.3, 0.4) is 0 Å². The van der Waals surface area contributed by atoms with Crippen LogP contribution in [0.1, 0.15) is 22.1 Å². The minimum absolute atomic E-state index is 0.0520. The molecule has 122 valence electrons. The predicted octanol–water partition coefficient (Wildman–Crippen LogP) is 2.58. The summed E-state index contributed by atoms with van der Waals surface area (Å²) >= 11 is 3.36. The summed E-state index contributed by atoms with van der Waals surface area (Å²) in [6.07, 6.45) is 1.76. The van der Waals surface area contributed by atoms with Gasteiger partial charge in [-0.3, -0.25) is 9.69 Å². The van der Waals surface area contributed by atoms with E-state index in [1.165, 1.54) is 0 Å². The van der Waals surface area contributed by atoms with Crippen molar-refractivity contribution in [3.8, 4) is 0 Å². The number of nitrogens with one attached hydrogen (secondary N) is 2. The molecule has 2 heterocycles. The molecule has 0 radical (unpaired) electrons.